The van der Waals surface area contributed by atoms with E-state index in [-0.39, 0.29) is 0 Å². The Labute approximate surface area is 115 Å². The molecule has 0 radical (unpaired) electrons. The van der Waals surface area contributed by atoms with Gasteiger partial charge in [0.1, 0.15) is 0 Å². The predicted molar refractivity (Wildman–Crippen MR) is 69.8 cm³/mol. The van der Waals surface area contributed by atoms with Crippen LogP contribution in [0.1, 0.15) is 18.9 Å². The van der Waals surface area contributed by atoms with Crippen LogP contribution < -0.4 is 11.1 Å². The highest BCUT2D eigenvalue weighted by atomic mass is 16.4. The molecular weight excluding hydrogens is 264 g/mol. The molecule has 0 aromatic heterocycles. The van der Waals surface area contributed by atoms with Gasteiger partial charge in [-0.3, -0.25) is 9.59 Å². The third-order valence-electron chi connectivity index (χ3n) is 2.88. The van der Waals surface area contributed by atoms with Crippen molar-refractivity contribution in [1.82, 2.24) is 5.32 Å². The minimum atomic E-state index is -1.67. The van der Waals surface area contributed by atoms with E-state index in [9.17, 15) is 19.5 Å². The number of amides is 1. The van der Waals surface area contributed by atoms with E-state index >= 15 is 0 Å². The summed E-state index contributed by atoms with van der Waals surface area (Å²) < 4.78 is 0. The number of carboxylic acids is 2. The van der Waals surface area contributed by atoms with Crippen LogP contribution in [0, 0.1) is 0 Å². The van der Waals surface area contributed by atoms with Gasteiger partial charge in [0.25, 0.3) is 0 Å². The van der Waals surface area contributed by atoms with Crippen molar-refractivity contribution in [2.75, 3.05) is 0 Å². The summed E-state index contributed by atoms with van der Waals surface area (Å²) in [5.74, 6) is -3.33. The van der Waals surface area contributed by atoms with Crippen LogP contribution in [0.15, 0.2) is 30.3 Å². The third kappa shape index (κ3) is 3.55. The molecule has 2 unspecified atom stereocenters. The first kappa shape index (κ1) is 15.6. The number of rotatable bonds is 6. The maximum absolute atomic E-state index is 11.8. The van der Waals surface area contributed by atoms with Gasteiger partial charge >= 0.3 is 11.9 Å². The van der Waals surface area contributed by atoms with Crippen molar-refractivity contribution in [1.29, 1.82) is 0 Å². The summed E-state index contributed by atoms with van der Waals surface area (Å²) in [6.45, 7) is 1.32. The van der Waals surface area contributed by atoms with Gasteiger partial charge in [-0.05, 0) is 12.5 Å². The molecule has 0 aliphatic rings. The predicted octanol–water partition coefficient (Wildman–Crippen LogP) is -0.0954. The number of carbonyl (C=O) groups excluding carboxylic acids is 1. The lowest BCUT2D eigenvalue weighted by atomic mass is 9.91. The lowest BCUT2D eigenvalue weighted by Gasteiger charge is -2.28. The smallest absolute Gasteiger partial charge is 0.333 e. The summed E-state index contributed by atoms with van der Waals surface area (Å²) in [6, 6.07) is 6.78. The van der Waals surface area contributed by atoms with Crippen LogP contribution in [0.4, 0.5) is 0 Å². The normalized spacial score (nSPS) is 14.9. The number of nitrogens with two attached hydrogens (primary N) is 1. The second-order valence-corrected chi connectivity index (χ2v) is 4.49. The number of benzene rings is 1. The van der Waals surface area contributed by atoms with Crippen LogP contribution in [-0.4, -0.2) is 34.1 Å². The fraction of sp³-hybridized carbons (Fsp3) is 0.308. The van der Waals surface area contributed by atoms with Crippen molar-refractivity contribution in [2.24, 2.45) is 5.73 Å². The van der Waals surface area contributed by atoms with E-state index in [0.717, 1.165) is 0 Å². The van der Waals surface area contributed by atoms with E-state index in [1.54, 1.807) is 30.3 Å². The van der Waals surface area contributed by atoms with E-state index in [2.05, 4.69) is 5.32 Å². The Morgan fingerprint density at radius 2 is 1.80 bits per heavy atom. The number of hydrogen-bond donors (Lipinski definition) is 4. The molecule has 0 aliphatic heterocycles. The van der Waals surface area contributed by atoms with E-state index < -0.39 is 35.8 Å². The molecule has 20 heavy (non-hydrogen) atoms. The first-order valence-electron chi connectivity index (χ1n) is 5.85. The van der Waals surface area contributed by atoms with Gasteiger partial charge in [0.05, 0.1) is 12.5 Å². The quantitative estimate of drug-likeness (QED) is 0.576. The van der Waals surface area contributed by atoms with Crippen molar-refractivity contribution < 1.29 is 24.6 Å². The number of carbonyl (C=O) groups is 3. The average Bonchev–Trinajstić information content (AvgIpc) is 2.38. The van der Waals surface area contributed by atoms with E-state index in [0.29, 0.717) is 5.56 Å². The first-order valence-corrected chi connectivity index (χ1v) is 5.85. The van der Waals surface area contributed by atoms with Crippen molar-refractivity contribution in [2.45, 2.75) is 24.9 Å². The second kappa shape index (κ2) is 6.16. The van der Waals surface area contributed by atoms with Gasteiger partial charge in [-0.15, -0.1) is 0 Å². The van der Waals surface area contributed by atoms with E-state index in [1.165, 1.54) is 6.92 Å². The van der Waals surface area contributed by atoms with Gasteiger partial charge in [0, 0.05) is 0 Å². The Morgan fingerprint density at radius 3 is 2.25 bits per heavy atom. The molecule has 7 nitrogen and oxygen atoms in total. The number of hydrogen-bond acceptors (Lipinski definition) is 4. The molecule has 0 saturated carbocycles. The van der Waals surface area contributed by atoms with Gasteiger partial charge in [0.2, 0.25) is 5.91 Å². The van der Waals surface area contributed by atoms with Gasteiger partial charge in [-0.1, -0.05) is 30.3 Å². The molecule has 1 aromatic carbocycles. The van der Waals surface area contributed by atoms with Crippen LogP contribution in [0.5, 0.6) is 0 Å². The van der Waals surface area contributed by atoms with Gasteiger partial charge < -0.3 is 21.3 Å². The topological polar surface area (TPSA) is 130 Å². The standard InChI is InChI=1S/C13H16N2O5/c1-13(12(19)20,8-5-3-2-4-6-8)15-11(18)9(14)7-10(16)17/h2-6,9H,7,14H2,1H3,(H,15,18)(H,16,17)(H,19,20). The zero-order valence-corrected chi connectivity index (χ0v) is 10.9. The van der Waals surface area contributed by atoms with Gasteiger partial charge in [0.15, 0.2) is 5.54 Å². The fourth-order valence-corrected chi connectivity index (χ4v) is 1.64. The van der Waals surface area contributed by atoms with Crippen LogP contribution >= 0.6 is 0 Å². The lowest BCUT2D eigenvalue weighted by molar-refractivity contribution is -0.147. The largest absolute Gasteiger partial charge is 0.481 e. The molecule has 0 heterocycles. The molecule has 7 heteroatoms. The summed E-state index contributed by atoms with van der Waals surface area (Å²) in [5.41, 5.74) is 4.11. The monoisotopic (exact) mass is 280 g/mol. The molecule has 1 rings (SSSR count). The molecule has 0 saturated heterocycles. The summed E-state index contributed by atoms with van der Waals surface area (Å²) in [5, 5.41) is 20.2. The molecule has 1 amide bonds. The van der Waals surface area contributed by atoms with Gasteiger partial charge in [-0.2, -0.15) is 0 Å². The molecule has 108 valence electrons. The Bertz CT molecular complexity index is 517. The highest BCUT2D eigenvalue weighted by molar-refractivity contribution is 5.91. The molecular formula is C13H16N2O5. The van der Waals surface area contributed by atoms with Crippen LogP contribution in [0.2, 0.25) is 0 Å². The van der Waals surface area contributed by atoms with Crippen molar-refractivity contribution in [3.8, 4) is 0 Å². The number of carboxylic acid groups (broad SMARTS) is 2. The zero-order chi connectivity index (χ0) is 15.3. The molecule has 1 aromatic rings. The summed E-state index contributed by atoms with van der Waals surface area (Å²) in [7, 11) is 0. The Morgan fingerprint density at radius 1 is 1.25 bits per heavy atom. The Hall–Kier alpha value is -2.41. The Kier molecular flexibility index (Phi) is 4.82. The molecule has 0 fully saturated rings. The maximum atomic E-state index is 11.8. The number of nitrogens with one attached hydrogen (secondary N) is 1. The highest BCUT2D eigenvalue weighted by Crippen LogP contribution is 2.21. The summed E-state index contributed by atoms with van der Waals surface area (Å²) in [4.78, 5) is 33.7. The minimum Gasteiger partial charge on any atom is -0.481 e. The van der Waals surface area contributed by atoms with Crippen LogP contribution in [0.3, 0.4) is 0 Å². The third-order valence-corrected chi connectivity index (χ3v) is 2.88. The van der Waals surface area contributed by atoms with Gasteiger partial charge in [-0.25, -0.2) is 4.79 Å². The average molecular weight is 280 g/mol. The van der Waals surface area contributed by atoms with Crippen molar-refractivity contribution in [3.63, 3.8) is 0 Å². The van der Waals surface area contributed by atoms with E-state index in [4.69, 9.17) is 10.8 Å². The maximum Gasteiger partial charge on any atom is 0.333 e. The second-order valence-electron chi connectivity index (χ2n) is 4.49. The lowest BCUT2D eigenvalue weighted by Crippen LogP contribution is -2.54. The molecule has 0 bridgehead atoms. The molecule has 2 atom stereocenters. The summed E-state index contributed by atoms with van der Waals surface area (Å²) >= 11 is 0. The number of aliphatic carboxylic acids is 2. The molecule has 5 N–H and O–H groups in total. The zero-order valence-electron chi connectivity index (χ0n) is 10.9. The SMILES string of the molecule is CC(NC(=O)C(N)CC(=O)O)(C(=O)O)c1ccccc1. The molecule has 0 aliphatic carbocycles. The van der Waals surface area contributed by atoms with Crippen molar-refractivity contribution in [3.05, 3.63) is 35.9 Å². The van der Waals surface area contributed by atoms with Crippen molar-refractivity contribution >= 4 is 17.8 Å². The summed E-state index contributed by atoms with van der Waals surface area (Å²) in [6.07, 6.45) is -0.573. The minimum absolute atomic E-state index is 0.364. The molecule has 0 spiro atoms. The Balaban J connectivity index is 2.96. The van der Waals surface area contributed by atoms with E-state index in [1.807, 2.05) is 0 Å². The fourth-order valence-electron chi connectivity index (χ4n) is 1.64. The van der Waals surface area contributed by atoms with Crippen LogP contribution in [0.25, 0.3) is 0 Å². The first-order chi connectivity index (χ1) is 9.27. The highest BCUT2D eigenvalue weighted by Gasteiger charge is 2.38. The van der Waals surface area contributed by atoms with Crippen LogP contribution in [-0.2, 0) is 19.9 Å².